The molecule has 0 heterocycles. The van der Waals surface area contributed by atoms with E-state index in [-0.39, 0.29) is 16.9 Å². The van der Waals surface area contributed by atoms with E-state index in [0.29, 0.717) is 12.3 Å². The monoisotopic (exact) mass is 266 g/mol. The van der Waals surface area contributed by atoms with Crippen LogP contribution in [0.1, 0.15) is 60.9 Å². The standard InChI is InChI=1S/C16H20F2O/c1-11-8-15(18)13(10-14(11)17)16(19)9-12-6-4-2-3-5-7-12/h8,10,12H,2-7,9H2,1H3. The second kappa shape index (κ2) is 6.27. The molecule has 19 heavy (non-hydrogen) atoms. The van der Waals surface area contributed by atoms with Crippen molar-refractivity contribution in [3.8, 4) is 0 Å². The fraction of sp³-hybridized carbons (Fsp3) is 0.562. The molecule has 0 amide bonds. The molecule has 1 saturated carbocycles. The van der Waals surface area contributed by atoms with E-state index in [4.69, 9.17) is 0 Å². The first kappa shape index (κ1) is 14.2. The van der Waals surface area contributed by atoms with Gasteiger partial charge in [-0.05, 0) is 30.5 Å². The summed E-state index contributed by atoms with van der Waals surface area (Å²) >= 11 is 0. The smallest absolute Gasteiger partial charge is 0.166 e. The lowest BCUT2D eigenvalue weighted by Crippen LogP contribution is -2.11. The lowest BCUT2D eigenvalue weighted by molar-refractivity contribution is 0.0952. The Labute approximate surface area is 113 Å². The van der Waals surface area contributed by atoms with Gasteiger partial charge in [-0.1, -0.05) is 38.5 Å². The normalized spacial score (nSPS) is 17.2. The Hall–Kier alpha value is -1.25. The Balaban J connectivity index is 2.08. The maximum absolute atomic E-state index is 13.7. The summed E-state index contributed by atoms with van der Waals surface area (Å²) in [5.41, 5.74) is 0.149. The number of Topliss-reactive ketones (excluding diaryl/α,β-unsaturated/α-hetero) is 1. The Morgan fingerprint density at radius 2 is 1.74 bits per heavy atom. The van der Waals surface area contributed by atoms with Crippen LogP contribution in [-0.4, -0.2) is 5.78 Å². The van der Waals surface area contributed by atoms with Gasteiger partial charge in [-0.3, -0.25) is 4.79 Å². The predicted octanol–water partition coefficient (Wildman–Crippen LogP) is 4.82. The first-order valence-corrected chi connectivity index (χ1v) is 7.07. The van der Waals surface area contributed by atoms with E-state index in [0.717, 1.165) is 37.8 Å². The van der Waals surface area contributed by atoms with Gasteiger partial charge < -0.3 is 0 Å². The Morgan fingerprint density at radius 1 is 1.11 bits per heavy atom. The maximum Gasteiger partial charge on any atom is 0.166 e. The van der Waals surface area contributed by atoms with Crippen LogP contribution in [0.2, 0.25) is 0 Å². The number of ketones is 1. The van der Waals surface area contributed by atoms with E-state index in [1.54, 1.807) is 0 Å². The lowest BCUT2D eigenvalue weighted by atomic mass is 9.91. The van der Waals surface area contributed by atoms with Gasteiger partial charge in [0.2, 0.25) is 0 Å². The number of rotatable bonds is 3. The molecule has 104 valence electrons. The van der Waals surface area contributed by atoms with Crippen molar-refractivity contribution in [2.45, 2.75) is 51.9 Å². The van der Waals surface area contributed by atoms with Crippen molar-refractivity contribution in [1.82, 2.24) is 0 Å². The number of hydrogen-bond acceptors (Lipinski definition) is 1. The molecule has 1 nitrogen and oxygen atoms in total. The third kappa shape index (κ3) is 3.62. The Morgan fingerprint density at radius 3 is 2.37 bits per heavy atom. The maximum atomic E-state index is 13.7. The van der Waals surface area contributed by atoms with E-state index in [2.05, 4.69) is 0 Å². The fourth-order valence-electron chi connectivity index (χ4n) is 2.80. The minimum Gasteiger partial charge on any atom is -0.294 e. The second-order valence-corrected chi connectivity index (χ2v) is 5.57. The molecule has 0 N–H and O–H groups in total. The summed E-state index contributed by atoms with van der Waals surface area (Å²) in [6.45, 7) is 1.50. The topological polar surface area (TPSA) is 17.1 Å². The summed E-state index contributed by atoms with van der Waals surface area (Å²) in [5.74, 6) is -1.04. The van der Waals surface area contributed by atoms with Crippen LogP contribution in [0.5, 0.6) is 0 Å². The van der Waals surface area contributed by atoms with Crippen LogP contribution in [0.4, 0.5) is 8.78 Å². The molecule has 0 spiro atoms. The highest BCUT2D eigenvalue weighted by Crippen LogP contribution is 2.27. The molecule has 1 aliphatic carbocycles. The lowest BCUT2D eigenvalue weighted by Gasteiger charge is -2.13. The number of benzene rings is 1. The number of carbonyl (C=O) groups excluding carboxylic acids is 1. The summed E-state index contributed by atoms with van der Waals surface area (Å²) in [5, 5.41) is 0. The summed E-state index contributed by atoms with van der Waals surface area (Å²) in [6, 6.07) is 2.15. The highest BCUT2D eigenvalue weighted by Gasteiger charge is 2.20. The highest BCUT2D eigenvalue weighted by atomic mass is 19.1. The van der Waals surface area contributed by atoms with E-state index in [1.807, 2.05) is 0 Å². The van der Waals surface area contributed by atoms with E-state index in [9.17, 15) is 13.6 Å². The van der Waals surface area contributed by atoms with Crippen LogP contribution in [-0.2, 0) is 0 Å². The van der Waals surface area contributed by atoms with Crippen LogP contribution in [0, 0.1) is 24.5 Å². The predicted molar refractivity (Wildman–Crippen MR) is 71.2 cm³/mol. The van der Waals surface area contributed by atoms with E-state index < -0.39 is 11.6 Å². The molecule has 1 aliphatic rings. The molecule has 0 unspecified atom stereocenters. The average Bonchev–Trinajstić information content (AvgIpc) is 2.62. The zero-order valence-electron chi connectivity index (χ0n) is 11.3. The van der Waals surface area contributed by atoms with Crippen LogP contribution < -0.4 is 0 Å². The largest absolute Gasteiger partial charge is 0.294 e. The van der Waals surface area contributed by atoms with Crippen LogP contribution in [0.25, 0.3) is 0 Å². The van der Waals surface area contributed by atoms with Gasteiger partial charge in [0.25, 0.3) is 0 Å². The van der Waals surface area contributed by atoms with Crippen LogP contribution >= 0.6 is 0 Å². The molecular weight excluding hydrogens is 246 g/mol. The van der Waals surface area contributed by atoms with Crippen molar-refractivity contribution < 1.29 is 13.6 Å². The zero-order chi connectivity index (χ0) is 13.8. The molecule has 0 aliphatic heterocycles. The number of hydrogen-bond donors (Lipinski definition) is 0. The molecule has 3 heteroatoms. The molecule has 2 rings (SSSR count). The van der Waals surface area contributed by atoms with Gasteiger partial charge in [-0.15, -0.1) is 0 Å². The van der Waals surface area contributed by atoms with Crippen molar-refractivity contribution in [3.05, 3.63) is 34.9 Å². The van der Waals surface area contributed by atoms with Crippen molar-refractivity contribution in [3.63, 3.8) is 0 Å². The van der Waals surface area contributed by atoms with Gasteiger partial charge in [0, 0.05) is 6.42 Å². The minimum absolute atomic E-state index is 0.0904. The molecule has 1 aromatic carbocycles. The average molecular weight is 266 g/mol. The zero-order valence-corrected chi connectivity index (χ0v) is 11.3. The van der Waals surface area contributed by atoms with Gasteiger partial charge in [0.1, 0.15) is 11.6 Å². The molecule has 0 radical (unpaired) electrons. The molecule has 0 saturated heterocycles. The van der Waals surface area contributed by atoms with Crippen LogP contribution in [0.15, 0.2) is 12.1 Å². The summed E-state index contributed by atoms with van der Waals surface area (Å²) in [7, 11) is 0. The van der Waals surface area contributed by atoms with Gasteiger partial charge in [0.05, 0.1) is 5.56 Å². The van der Waals surface area contributed by atoms with Crippen LogP contribution in [0.3, 0.4) is 0 Å². The molecule has 0 aromatic heterocycles. The summed E-state index contributed by atoms with van der Waals surface area (Å²) in [6.07, 6.45) is 7.13. The number of aryl methyl sites for hydroxylation is 1. The van der Waals surface area contributed by atoms with Crippen molar-refractivity contribution in [2.24, 2.45) is 5.92 Å². The van der Waals surface area contributed by atoms with Gasteiger partial charge in [0.15, 0.2) is 5.78 Å². The van der Waals surface area contributed by atoms with Gasteiger partial charge >= 0.3 is 0 Å². The summed E-state index contributed by atoms with van der Waals surface area (Å²) in [4.78, 5) is 12.1. The fourth-order valence-corrected chi connectivity index (χ4v) is 2.80. The van der Waals surface area contributed by atoms with E-state index >= 15 is 0 Å². The molecule has 1 aromatic rings. The third-order valence-electron chi connectivity index (χ3n) is 4.00. The first-order chi connectivity index (χ1) is 9.08. The SMILES string of the molecule is Cc1cc(F)c(C(=O)CC2CCCCCC2)cc1F. The first-order valence-electron chi connectivity index (χ1n) is 7.07. The minimum atomic E-state index is -0.600. The molecule has 0 atom stereocenters. The Bertz CT molecular complexity index is 460. The summed E-state index contributed by atoms with van der Waals surface area (Å²) < 4.78 is 27.2. The molecular formula is C16H20F2O. The quantitative estimate of drug-likeness (QED) is 0.566. The third-order valence-corrected chi connectivity index (χ3v) is 4.00. The second-order valence-electron chi connectivity index (χ2n) is 5.57. The molecule has 0 bridgehead atoms. The van der Waals surface area contributed by atoms with E-state index in [1.165, 1.54) is 19.8 Å². The number of halogens is 2. The van der Waals surface area contributed by atoms with Crippen molar-refractivity contribution in [1.29, 1.82) is 0 Å². The van der Waals surface area contributed by atoms with Crippen molar-refractivity contribution >= 4 is 5.78 Å². The van der Waals surface area contributed by atoms with Gasteiger partial charge in [-0.2, -0.15) is 0 Å². The van der Waals surface area contributed by atoms with Gasteiger partial charge in [-0.25, -0.2) is 8.78 Å². The highest BCUT2D eigenvalue weighted by molar-refractivity contribution is 5.96. The Kier molecular flexibility index (Phi) is 4.67. The van der Waals surface area contributed by atoms with Crippen molar-refractivity contribution in [2.75, 3.05) is 0 Å². The molecule has 1 fully saturated rings. The number of carbonyl (C=O) groups is 1.